The van der Waals surface area contributed by atoms with E-state index in [2.05, 4.69) is 16.5 Å². The number of hydrogen-bond acceptors (Lipinski definition) is 6. The first-order valence-electron chi connectivity index (χ1n) is 10.5. The zero-order valence-corrected chi connectivity index (χ0v) is 18.0. The molecule has 0 spiro atoms. The molecule has 1 fully saturated rings. The van der Waals surface area contributed by atoms with Crippen molar-refractivity contribution >= 4 is 28.6 Å². The summed E-state index contributed by atoms with van der Waals surface area (Å²) in [6.45, 7) is 3.53. The standard InChI is InChI=1S/C24H22N6O3/c1-3-20(31)28(2)16-5-4-6-17(13-16)30-23-21(22(25)26-14-27-23)29(24(30)32)15-7-9-18(10-8-15)33-19-11-12-19/h3-10,13-14,19H,1,11-12H2,2H3,(H2,25,26,27). The van der Waals surface area contributed by atoms with Gasteiger partial charge in [0.1, 0.15) is 17.6 Å². The minimum Gasteiger partial charge on any atom is -0.490 e. The maximum Gasteiger partial charge on any atom is 0.339 e. The summed E-state index contributed by atoms with van der Waals surface area (Å²) in [6.07, 6.45) is 4.96. The Bertz CT molecular complexity index is 1430. The Hall–Kier alpha value is -4.40. The van der Waals surface area contributed by atoms with E-state index < -0.39 is 0 Å². The Labute approximate surface area is 189 Å². The Kier molecular flexibility index (Phi) is 4.93. The number of likely N-dealkylation sites (N-methyl/N-ethyl adjacent to an activating group) is 1. The molecule has 1 aliphatic rings. The van der Waals surface area contributed by atoms with Crippen LogP contribution in [0.3, 0.4) is 0 Å². The second-order valence-corrected chi connectivity index (χ2v) is 7.82. The molecule has 0 saturated heterocycles. The van der Waals surface area contributed by atoms with Crippen LogP contribution in [0.2, 0.25) is 0 Å². The van der Waals surface area contributed by atoms with Crippen molar-refractivity contribution in [3.8, 4) is 17.1 Å². The lowest BCUT2D eigenvalue weighted by Gasteiger charge is -2.16. The summed E-state index contributed by atoms with van der Waals surface area (Å²) in [7, 11) is 1.64. The van der Waals surface area contributed by atoms with E-state index in [1.165, 1.54) is 26.4 Å². The molecule has 2 aromatic carbocycles. The van der Waals surface area contributed by atoms with Crippen molar-refractivity contribution < 1.29 is 9.53 Å². The Morgan fingerprint density at radius 2 is 1.91 bits per heavy atom. The van der Waals surface area contributed by atoms with Crippen LogP contribution >= 0.6 is 0 Å². The average Bonchev–Trinajstić information content (AvgIpc) is 3.59. The molecule has 1 amide bonds. The number of imidazole rings is 1. The molecule has 0 atom stereocenters. The number of ether oxygens (including phenoxy) is 1. The second-order valence-electron chi connectivity index (χ2n) is 7.82. The van der Waals surface area contributed by atoms with Crippen LogP contribution in [-0.4, -0.2) is 38.2 Å². The monoisotopic (exact) mass is 442 g/mol. The van der Waals surface area contributed by atoms with E-state index in [0.29, 0.717) is 28.2 Å². The number of benzene rings is 2. The smallest absolute Gasteiger partial charge is 0.339 e. The third-order valence-corrected chi connectivity index (χ3v) is 5.55. The molecule has 0 aliphatic heterocycles. The molecule has 5 rings (SSSR count). The number of amides is 1. The van der Waals surface area contributed by atoms with Gasteiger partial charge in [0.2, 0.25) is 5.91 Å². The molecule has 0 radical (unpaired) electrons. The topological polar surface area (TPSA) is 108 Å². The van der Waals surface area contributed by atoms with Crippen molar-refractivity contribution in [2.75, 3.05) is 17.7 Å². The number of nitrogen functional groups attached to an aromatic ring is 1. The van der Waals surface area contributed by atoms with Crippen LogP contribution in [0, 0.1) is 0 Å². The fraction of sp³-hybridized carbons (Fsp3) is 0.167. The molecule has 0 unspecified atom stereocenters. The summed E-state index contributed by atoms with van der Waals surface area (Å²) >= 11 is 0. The molecule has 9 heteroatoms. The van der Waals surface area contributed by atoms with Crippen molar-refractivity contribution in [2.24, 2.45) is 0 Å². The Balaban J connectivity index is 1.67. The predicted octanol–water partition coefficient (Wildman–Crippen LogP) is 2.84. The maximum absolute atomic E-state index is 13.7. The van der Waals surface area contributed by atoms with E-state index in [9.17, 15) is 9.59 Å². The quantitative estimate of drug-likeness (QED) is 0.460. The van der Waals surface area contributed by atoms with Gasteiger partial charge in [-0.2, -0.15) is 0 Å². The predicted molar refractivity (Wildman–Crippen MR) is 126 cm³/mol. The molecule has 33 heavy (non-hydrogen) atoms. The van der Waals surface area contributed by atoms with E-state index in [4.69, 9.17) is 10.5 Å². The molecule has 166 valence electrons. The van der Waals surface area contributed by atoms with Gasteiger partial charge < -0.3 is 15.4 Å². The van der Waals surface area contributed by atoms with Crippen molar-refractivity contribution in [3.63, 3.8) is 0 Å². The summed E-state index contributed by atoms with van der Waals surface area (Å²) in [4.78, 5) is 35.6. The molecular weight excluding hydrogens is 420 g/mol. The summed E-state index contributed by atoms with van der Waals surface area (Å²) in [6, 6.07) is 14.3. The fourth-order valence-corrected chi connectivity index (χ4v) is 3.68. The first-order chi connectivity index (χ1) is 16.0. The van der Waals surface area contributed by atoms with Gasteiger partial charge >= 0.3 is 5.69 Å². The molecule has 9 nitrogen and oxygen atoms in total. The summed E-state index contributed by atoms with van der Waals surface area (Å²) < 4.78 is 8.75. The summed E-state index contributed by atoms with van der Waals surface area (Å²) in [5.41, 5.74) is 8.35. The summed E-state index contributed by atoms with van der Waals surface area (Å²) in [5.74, 6) is 0.677. The van der Waals surface area contributed by atoms with Gasteiger partial charge in [-0.3, -0.25) is 9.36 Å². The number of carbonyl (C=O) groups excluding carboxylic acids is 1. The van der Waals surface area contributed by atoms with E-state index in [0.717, 1.165) is 18.6 Å². The van der Waals surface area contributed by atoms with Gasteiger partial charge in [0.05, 0.1) is 17.5 Å². The van der Waals surface area contributed by atoms with Crippen molar-refractivity contribution in [1.29, 1.82) is 0 Å². The number of nitrogens with zero attached hydrogens (tertiary/aromatic N) is 5. The lowest BCUT2D eigenvalue weighted by Crippen LogP contribution is -2.25. The van der Waals surface area contributed by atoms with E-state index in [1.54, 1.807) is 31.3 Å². The third-order valence-electron chi connectivity index (χ3n) is 5.55. The van der Waals surface area contributed by atoms with Gasteiger partial charge in [0.25, 0.3) is 0 Å². The molecule has 1 saturated carbocycles. The molecule has 4 aromatic rings. The largest absolute Gasteiger partial charge is 0.490 e. The fourth-order valence-electron chi connectivity index (χ4n) is 3.68. The van der Waals surface area contributed by atoms with Gasteiger partial charge in [0, 0.05) is 12.7 Å². The first kappa shape index (κ1) is 20.5. The lowest BCUT2D eigenvalue weighted by molar-refractivity contribution is -0.113. The molecule has 1 aliphatic carbocycles. The van der Waals surface area contributed by atoms with Crippen LogP contribution in [0.25, 0.3) is 22.5 Å². The lowest BCUT2D eigenvalue weighted by atomic mass is 10.2. The highest BCUT2D eigenvalue weighted by molar-refractivity contribution is 6.00. The van der Waals surface area contributed by atoms with Crippen LogP contribution in [0.1, 0.15) is 12.8 Å². The van der Waals surface area contributed by atoms with Gasteiger partial charge in [-0.25, -0.2) is 19.3 Å². The van der Waals surface area contributed by atoms with Gasteiger partial charge in [-0.1, -0.05) is 12.6 Å². The van der Waals surface area contributed by atoms with Crippen molar-refractivity contribution in [3.05, 3.63) is 78.0 Å². The number of aromatic nitrogens is 4. The molecule has 2 aromatic heterocycles. The highest BCUT2D eigenvalue weighted by atomic mass is 16.5. The van der Waals surface area contributed by atoms with Gasteiger partial charge in [-0.05, 0) is 61.4 Å². The third kappa shape index (κ3) is 3.63. The van der Waals surface area contributed by atoms with Crippen LogP contribution in [-0.2, 0) is 4.79 Å². The number of carbonyl (C=O) groups is 1. The van der Waals surface area contributed by atoms with E-state index >= 15 is 0 Å². The van der Waals surface area contributed by atoms with Crippen LogP contribution < -0.4 is 21.1 Å². The molecular formula is C24H22N6O3. The highest BCUT2D eigenvalue weighted by Crippen LogP contribution is 2.29. The SMILES string of the molecule is C=CC(=O)N(C)c1cccc(-n2c(=O)n(-c3ccc(OC4CC4)cc3)c3c(N)ncnc32)c1. The minimum absolute atomic E-state index is 0.185. The molecule has 0 bridgehead atoms. The number of nitrogens with two attached hydrogens (primary N) is 1. The second kappa shape index (κ2) is 7.94. The van der Waals surface area contributed by atoms with Gasteiger partial charge in [0.15, 0.2) is 11.5 Å². The maximum atomic E-state index is 13.7. The van der Waals surface area contributed by atoms with Crippen LogP contribution in [0.15, 0.2) is 72.3 Å². The van der Waals surface area contributed by atoms with E-state index in [-0.39, 0.29) is 23.5 Å². The Morgan fingerprint density at radius 3 is 2.61 bits per heavy atom. The number of fused-ring (bicyclic) bond motifs is 1. The zero-order valence-electron chi connectivity index (χ0n) is 18.0. The number of anilines is 2. The summed E-state index contributed by atoms with van der Waals surface area (Å²) in [5, 5.41) is 0. The normalized spacial score (nSPS) is 13.1. The van der Waals surface area contributed by atoms with Crippen molar-refractivity contribution in [1.82, 2.24) is 19.1 Å². The number of rotatable bonds is 6. The zero-order chi connectivity index (χ0) is 23.1. The highest BCUT2D eigenvalue weighted by Gasteiger charge is 2.24. The van der Waals surface area contributed by atoms with Gasteiger partial charge in [-0.15, -0.1) is 0 Å². The average molecular weight is 442 g/mol. The van der Waals surface area contributed by atoms with Crippen molar-refractivity contribution in [2.45, 2.75) is 18.9 Å². The van der Waals surface area contributed by atoms with Crippen LogP contribution in [0.4, 0.5) is 11.5 Å². The first-order valence-corrected chi connectivity index (χ1v) is 10.5. The van der Waals surface area contributed by atoms with Crippen LogP contribution in [0.5, 0.6) is 5.75 Å². The minimum atomic E-state index is -0.358. The number of hydrogen-bond donors (Lipinski definition) is 1. The molecule has 2 N–H and O–H groups in total. The molecule has 2 heterocycles. The Morgan fingerprint density at radius 1 is 1.15 bits per heavy atom. The van der Waals surface area contributed by atoms with E-state index in [1.807, 2.05) is 24.3 Å².